The van der Waals surface area contributed by atoms with Crippen LogP contribution in [0.5, 0.6) is 11.5 Å². The molecule has 0 bridgehead atoms. The third-order valence-electron chi connectivity index (χ3n) is 2.96. The second-order valence-corrected chi connectivity index (χ2v) is 5.55. The minimum Gasteiger partial charge on any atom is -0.455 e. The number of rotatable bonds is 6. The summed E-state index contributed by atoms with van der Waals surface area (Å²) in [5.74, 6) is 1.29. The molecule has 0 radical (unpaired) electrons. The molecule has 1 aromatic heterocycles. The standard InChI is InChI=1S/C16H18Cl2N2O/c1-3-7-19-9-12-10-20-11(2)8-15(12)21-14-6-4-5-13(17)16(14)18/h4-6,8,10,19H,3,7,9H2,1-2H3. The summed E-state index contributed by atoms with van der Waals surface area (Å²) in [6.45, 7) is 5.71. The Balaban J connectivity index is 2.25. The number of halogens is 2. The average Bonchev–Trinajstić information content (AvgIpc) is 2.46. The van der Waals surface area contributed by atoms with Crippen LogP contribution in [0.3, 0.4) is 0 Å². The molecular weight excluding hydrogens is 307 g/mol. The van der Waals surface area contributed by atoms with Gasteiger partial charge >= 0.3 is 0 Å². The van der Waals surface area contributed by atoms with Crippen molar-refractivity contribution in [3.8, 4) is 11.5 Å². The molecular formula is C16H18Cl2N2O. The van der Waals surface area contributed by atoms with Crippen molar-refractivity contribution in [2.75, 3.05) is 6.54 Å². The van der Waals surface area contributed by atoms with Crippen LogP contribution >= 0.6 is 23.2 Å². The Hall–Kier alpha value is -1.29. The molecule has 2 aromatic rings. The van der Waals surface area contributed by atoms with E-state index in [-0.39, 0.29) is 0 Å². The first-order chi connectivity index (χ1) is 10.1. The van der Waals surface area contributed by atoms with Crippen LogP contribution in [0.1, 0.15) is 24.6 Å². The van der Waals surface area contributed by atoms with Crippen molar-refractivity contribution < 1.29 is 4.74 Å². The normalized spacial score (nSPS) is 10.7. The molecule has 0 saturated carbocycles. The molecule has 1 N–H and O–H groups in total. The largest absolute Gasteiger partial charge is 0.455 e. The zero-order chi connectivity index (χ0) is 15.2. The van der Waals surface area contributed by atoms with Crippen molar-refractivity contribution in [2.24, 2.45) is 0 Å². The third kappa shape index (κ3) is 4.34. The van der Waals surface area contributed by atoms with E-state index in [9.17, 15) is 0 Å². The first kappa shape index (κ1) is 16.1. The zero-order valence-electron chi connectivity index (χ0n) is 12.1. The average molecular weight is 325 g/mol. The molecule has 1 aromatic carbocycles. The molecule has 112 valence electrons. The molecule has 0 atom stereocenters. The lowest BCUT2D eigenvalue weighted by molar-refractivity contribution is 0.471. The van der Waals surface area contributed by atoms with E-state index >= 15 is 0 Å². The number of aromatic nitrogens is 1. The van der Waals surface area contributed by atoms with Crippen molar-refractivity contribution in [2.45, 2.75) is 26.8 Å². The number of nitrogens with zero attached hydrogens (tertiary/aromatic N) is 1. The molecule has 0 unspecified atom stereocenters. The van der Waals surface area contributed by atoms with Gasteiger partial charge in [0.05, 0.1) is 5.02 Å². The first-order valence-electron chi connectivity index (χ1n) is 6.90. The van der Waals surface area contributed by atoms with E-state index in [0.717, 1.165) is 30.0 Å². The van der Waals surface area contributed by atoms with Crippen LogP contribution in [0.4, 0.5) is 0 Å². The minimum absolute atomic E-state index is 0.418. The molecule has 5 heteroatoms. The van der Waals surface area contributed by atoms with Crippen molar-refractivity contribution in [3.63, 3.8) is 0 Å². The van der Waals surface area contributed by atoms with Crippen LogP contribution in [0.2, 0.25) is 10.0 Å². The molecule has 21 heavy (non-hydrogen) atoms. The molecule has 0 spiro atoms. The van der Waals surface area contributed by atoms with Gasteiger partial charge in [-0.1, -0.05) is 36.2 Å². The van der Waals surface area contributed by atoms with E-state index in [4.69, 9.17) is 27.9 Å². The maximum absolute atomic E-state index is 6.17. The van der Waals surface area contributed by atoms with Gasteiger partial charge in [-0.3, -0.25) is 4.98 Å². The zero-order valence-corrected chi connectivity index (χ0v) is 13.6. The van der Waals surface area contributed by atoms with E-state index in [1.807, 2.05) is 25.3 Å². The summed E-state index contributed by atoms with van der Waals surface area (Å²) in [4.78, 5) is 4.32. The Morgan fingerprint density at radius 2 is 2.05 bits per heavy atom. The second-order valence-electron chi connectivity index (χ2n) is 4.76. The maximum Gasteiger partial charge on any atom is 0.147 e. The number of nitrogens with one attached hydrogen (secondary N) is 1. The SMILES string of the molecule is CCCNCc1cnc(C)cc1Oc1cccc(Cl)c1Cl. The van der Waals surface area contributed by atoms with Gasteiger partial charge < -0.3 is 10.1 Å². The Bertz CT molecular complexity index is 617. The number of pyridine rings is 1. The van der Waals surface area contributed by atoms with Crippen molar-refractivity contribution in [1.29, 1.82) is 0 Å². The summed E-state index contributed by atoms with van der Waals surface area (Å²) in [5.41, 5.74) is 1.88. The Kier molecular flexibility index (Phi) is 5.85. The molecule has 1 heterocycles. The van der Waals surface area contributed by atoms with Crippen LogP contribution in [0.25, 0.3) is 0 Å². The van der Waals surface area contributed by atoms with Gasteiger partial charge in [0.1, 0.15) is 16.5 Å². The van der Waals surface area contributed by atoms with Gasteiger partial charge in [-0.15, -0.1) is 0 Å². The van der Waals surface area contributed by atoms with Gasteiger partial charge in [-0.25, -0.2) is 0 Å². The second kappa shape index (κ2) is 7.64. The van der Waals surface area contributed by atoms with Gasteiger partial charge in [-0.05, 0) is 32.0 Å². The number of benzene rings is 1. The summed E-state index contributed by atoms with van der Waals surface area (Å²) in [7, 11) is 0. The molecule has 0 aliphatic carbocycles. The van der Waals surface area contributed by atoms with Gasteiger partial charge in [-0.2, -0.15) is 0 Å². The predicted molar refractivity (Wildman–Crippen MR) is 87.5 cm³/mol. The fourth-order valence-corrected chi connectivity index (χ4v) is 2.20. The third-order valence-corrected chi connectivity index (χ3v) is 3.76. The summed E-state index contributed by atoms with van der Waals surface area (Å²) in [5, 5.41) is 4.24. The Labute approximate surface area is 135 Å². The number of ether oxygens (including phenoxy) is 1. The van der Waals surface area contributed by atoms with Crippen LogP contribution in [0.15, 0.2) is 30.5 Å². The molecule has 2 rings (SSSR count). The van der Waals surface area contributed by atoms with E-state index in [1.165, 1.54) is 0 Å². The Morgan fingerprint density at radius 3 is 2.81 bits per heavy atom. The fourth-order valence-electron chi connectivity index (χ4n) is 1.87. The highest BCUT2D eigenvalue weighted by atomic mass is 35.5. The highest BCUT2D eigenvalue weighted by molar-refractivity contribution is 6.42. The van der Waals surface area contributed by atoms with Crippen LogP contribution < -0.4 is 10.1 Å². The topological polar surface area (TPSA) is 34.2 Å². The lowest BCUT2D eigenvalue weighted by Crippen LogP contribution is -2.14. The molecule has 0 fully saturated rings. The molecule has 3 nitrogen and oxygen atoms in total. The van der Waals surface area contributed by atoms with Crippen LogP contribution in [-0.2, 0) is 6.54 Å². The van der Waals surface area contributed by atoms with Crippen LogP contribution in [-0.4, -0.2) is 11.5 Å². The van der Waals surface area contributed by atoms with Crippen molar-refractivity contribution >= 4 is 23.2 Å². The highest BCUT2D eigenvalue weighted by Gasteiger charge is 2.10. The summed E-state index contributed by atoms with van der Waals surface area (Å²) >= 11 is 12.2. The van der Waals surface area contributed by atoms with Gasteiger partial charge in [0.15, 0.2) is 0 Å². The quantitative estimate of drug-likeness (QED) is 0.760. The van der Waals surface area contributed by atoms with Gasteiger partial charge in [0, 0.05) is 30.1 Å². The predicted octanol–water partition coefficient (Wildman–Crippen LogP) is 4.99. The molecule has 0 saturated heterocycles. The van der Waals surface area contributed by atoms with E-state index in [1.54, 1.807) is 12.1 Å². The van der Waals surface area contributed by atoms with Crippen molar-refractivity contribution in [1.82, 2.24) is 10.3 Å². The maximum atomic E-state index is 6.17. The molecule has 0 amide bonds. The fraction of sp³-hybridized carbons (Fsp3) is 0.312. The number of aryl methyl sites for hydroxylation is 1. The molecule has 0 aliphatic rings. The monoisotopic (exact) mass is 324 g/mol. The first-order valence-corrected chi connectivity index (χ1v) is 7.65. The van der Waals surface area contributed by atoms with Crippen LogP contribution in [0, 0.1) is 6.92 Å². The smallest absolute Gasteiger partial charge is 0.147 e. The van der Waals surface area contributed by atoms with E-state index in [2.05, 4.69) is 17.2 Å². The number of hydrogen-bond donors (Lipinski definition) is 1. The highest BCUT2D eigenvalue weighted by Crippen LogP contribution is 2.35. The number of hydrogen-bond acceptors (Lipinski definition) is 3. The molecule has 0 aliphatic heterocycles. The summed E-state index contributed by atoms with van der Waals surface area (Å²) in [6, 6.07) is 7.25. The minimum atomic E-state index is 0.418. The summed E-state index contributed by atoms with van der Waals surface area (Å²) in [6.07, 6.45) is 2.90. The summed E-state index contributed by atoms with van der Waals surface area (Å²) < 4.78 is 5.94. The lowest BCUT2D eigenvalue weighted by Gasteiger charge is -2.13. The van der Waals surface area contributed by atoms with Gasteiger partial charge in [0.2, 0.25) is 0 Å². The lowest BCUT2D eigenvalue weighted by atomic mass is 10.2. The van der Waals surface area contributed by atoms with E-state index in [0.29, 0.717) is 22.3 Å². The Morgan fingerprint density at radius 1 is 1.24 bits per heavy atom. The van der Waals surface area contributed by atoms with E-state index < -0.39 is 0 Å². The van der Waals surface area contributed by atoms with Crippen molar-refractivity contribution in [3.05, 3.63) is 51.8 Å². The van der Waals surface area contributed by atoms with Gasteiger partial charge in [0.25, 0.3) is 0 Å².